The van der Waals surface area contributed by atoms with Gasteiger partial charge in [-0.2, -0.15) is 0 Å². The first-order chi connectivity index (χ1) is 7.72. The van der Waals surface area contributed by atoms with Gasteiger partial charge in [0.05, 0.1) is 0 Å². The van der Waals surface area contributed by atoms with Gasteiger partial charge in [0.15, 0.2) is 5.82 Å². The van der Waals surface area contributed by atoms with Crippen molar-refractivity contribution in [2.75, 3.05) is 6.61 Å². The quantitative estimate of drug-likeness (QED) is 0.847. The van der Waals surface area contributed by atoms with Gasteiger partial charge in [0.2, 0.25) is 0 Å². The van der Waals surface area contributed by atoms with Crippen molar-refractivity contribution in [1.29, 1.82) is 0 Å². The highest BCUT2D eigenvalue weighted by atomic mass is 16.5. The number of aryl methyl sites for hydroxylation is 1. The second kappa shape index (κ2) is 4.89. The van der Waals surface area contributed by atoms with Crippen LogP contribution < -0.4 is 5.73 Å². The predicted octanol–water partition coefficient (Wildman–Crippen LogP) is 1.91. The molecule has 4 heteroatoms. The van der Waals surface area contributed by atoms with Crippen LogP contribution in [0.25, 0.3) is 0 Å². The van der Waals surface area contributed by atoms with Gasteiger partial charge in [-0.3, -0.25) is 0 Å². The Hall–Kier alpha value is -1.00. The molecule has 0 saturated heterocycles. The van der Waals surface area contributed by atoms with Gasteiger partial charge in [-0.1, -0.05) is 0 Å². The van der Waals surface area contributed by atoms with Crippen LogP contribution in [-0.4, -0.2) is 16.6 Å². The minimum absolute atomic E-state index is 0.0338. The number of fused-ring (bicyclic) bond motifs is 1. The monoisotopic (exact) mass is 221 g/mol. The average molecular weight is 221 g/mol. The van der Waals surface area contributed by atoms with Gasteiger partial charge in [-0.25, -0.2) is 9.97 Å². The van der Waals surface area contributed by atoms with Crippen LogP contribution in [0, 0.1) is 0 Å². The highest BCUT2D eigenvalue weighted by Gasteiger charge is 2.20. The van der Waals surface area contributed by atoms with E-state index in [0.29, 0.717) is 6.61 Å². The van der Waals surface area contributed by atoms with Crippen LogP contribution >= 0.6 is 0 Å². The molecule has 16 heavy (non-hydrogen) atoms. The predicted molar refractivity (Wildman–Crippen MR) is 61.9 cm³/mol. The van der Waals surface area contributed by atoms with Crippen molar-refractivity contribution in [2.45, 2.75) is 45.3 Å². The van der Waals surface area contributed by atoms with E-state index in [1.807, 2.05) is 20.0 Å². The van der Waals surface area contributed by atoms with Crippen LogP contribution in [0.1, 0.15) is 55.9 Å². The molecule has 1 aliphatic rings. The SMILES string of the molecule is CCOC(C)c1ncc2c(n1)CCCC2N. The third kappa shape index (κ3) is 2.23. The number of hydrogen-bond acceptors (Lipinski definition) is 4. The molecule has 2 N–H and O–H groups in total. The molecular weight excluding hydrogens is 202 g/mol. The lowest BCUT2D eigenvalue weighted by atomic mass is 9.93. The molecule has 0 saturated carbocycles. The Morgan fingerprint density at radius 1 is 1.62 bits per heavy atom. The van der Waals surface area contributed by atoms with Crippen LogP contribution in [0.3, 0.4) is 0 Å². The first-order valence-electron chi connectivity index (χ1n) is 5.95. The van der Waals surface area contributed by atoms with Crippen molar-refractivity contribution < 1.29 is 4.74 Å². The number of nitrogens with zero attached hydrogens (tertiary/aromatic N) is 2. The first kappa shape index (κ1) is 11.5. The fourth-order valence-electron chi connectivity index (χ4n) is 2.12. The van der Waals surface area contributed by atoms with Gasteiger partial charge in [-0.15, -0.1) is 0 Å². The molecule has 88 valence electrons. The minimum Gasteiger partial charge on any atom is -0.371 e. The number of nitrogens with two attached hydrogens (primary N) is 1. The molecule has 0 radical (unpaired) electrons. The molecule has 2 atom stereocenters. The summed E-state index contributed by atoms with van der Waals surface area (Å²) >= 11 is 0. The molecule has 0 bridgehead atoms. The zero-order valence-corrected chi connectivity index (χ0v) is 9.94. The van der Waals surface area contributed by atoms with E-state index < -0.39 is 0 Å². The van der Waals surface area contributed by atoms with Gasteiger partial charge >= 0.3 is 0 Å². The summed E-state index contributed by atoms with van der Waals surface area (Å²) in [4.78, 5) is 8.91. The van der Waals surface area contributed by atoms with E-state index in [1.165, 1.54) is 0 Å². The standard InChI is InChI=1S/C12H19N3O/c1-3-16-8(2)12-14-7-9-10(13)5-4-6-11(9)15-12/h7-8,10H,3-6,13H2,1-2H3. The third-order valence-electron chi connectivity index (χ3n) is 3.03. The molecular formula is C12H19N3O. The average Bonchev–Trinajstić information content (AvgIpc) is 2.29. The lowest BCUT2D eigenvalue weighted by Gasteiger charge is -2.22. The number of aromatic nitrogens is 2. The normalized spacial score (nSPS) is 21.6. The van der Waals surface area contributed by atoms with Crippen molar-refractivity contribution in [3.8, 4) is 0 Å². The Balaban J connectivity index is 2.24. The Morgan fingerprint density at radius 3 is 3.19 bits per heavy atom. The van der Waals surface area contributed by atoms with E-state index in [4.69, 9.17) is 10.5 Å². The molecule has 1 heterocycles. The van der Waals surface area contributed by atoms with Crippen LogP contribution in [0.4, 0.5) is 0 Å². The van der Waals surface area contributed by atoms with E-state index in [1.54, 1.807) is 0 Å². The molecule has 0 fully saturated rings. The summed E-state index contributed by atoms with van der Waals surface area (Å²) in [5.74, 6) is 0.773. The smallest absolute Gasteiger partial charge is 0.157 e. The summed E-state index contributed by atoms with van der Waals surface area (Å²) in [6, 6.07) is 0.111. The molecule has 0 aromatic carbocycles. The Bertz CT molecular complexity index is 367. The molecule has 0 amide bonds. The van der Waals surface area contributed by atoms with Crippen LogP contribution in [0.15, 0.2) is 6.20 Å². The van der Waals surface area contributed by atoms with Gasteiger partial charge in [0, 0.05) is 30.1 Å². The van der Waals surface area contributed by atoms with Crippen molar-refractivity contribution in [3.05, 3.63) is 23.3 Å². The summed E-state index contributed by atoms with van der Waals surface area (Å²) in [6.45, 7) is 4.64. The van der Waals surface area contributed by atoms with Crippen molar-refractivity contribution in [2.24, 2.45) is 5.73 Å². The highest BCUT2D eigenvalue weighted by Crippen LogP contribution is 2.26. The van der Waals surface area contributed by atoms with E-state index in [9.17, 15) is 0 Å². The van der Waals surface area contributed by atoms with Crippen LogP contribution in [0.5, 0.6) is 0 Å². The summed E-state index contributed by atoms with van der Waals surface area (Å²) in [5, 5.41) is 0. The maximum absolute atomic E-state index is 6.02. The number of hydrogen-bond donors (Lipinski definition) is 1. The number of ether oxygens (including phenoxy) is 1. The summed E-state index contributed by atoms with van der Waals surface area (Å²) < 4.78 is 5.49. The number of rotatable bonds is 3. The lowest BCUT2D eigenvalue weighted by Crippen LogP contribution is -2.20. The summed E-state index contributed by atoms with van der Waals surface area (Å²) in [7, 11) is 0. The zero-order chi connectivity index (χ0) is 11.5. The van der Waals surface area contributed by atoms with E-state index in [0.717, 1.165) is 36.3 Å². The van der Waals surface area contributed by atoms with Gasteiger partial charge in [0.1, 0.15) is 6.10 Å². The molecule has 1 aliphatic carbocycles. The minimum atomic E-state index is -0.0338. The largest absolute Gasteiger partial charge is 0.371 e. The van der Waals surface area contributed by atoms with E-state index in [2.05, 4.69) is 9.97 Å². The molecule has 2 rings (SSSR count). The van der Waals surface area contributed by atoms with E-state index in [-0.39, 0.29) is 12.1 Å². The molecule has 1 aromatic rings. The highest BCUT2D eigenvalue weighted by molar-refractivity contribution is 5.24. The second-order valence-corrected chi connectivity index (χ2v) is 4.23. The van der Waals surface area contributed by atoms with Gasteiger partial charge < -0.3 is 10.5 Å². The van der Waals surface area contributed by atoms with Crippen molar-refractivity contribution in [3.63, 3.8) is 0 Å². The van der Waals surface area contributed by atoms with Gasteiger partial charge in [-0.05, 0) is 33.1 Å². The zero-order valence-electron chi connectivity index (χ0n) is 9.94. The van der Waals surface area contributed by atoms with Crippen LogP contribution in [-0.2, 0) is 11.2 Å². The summed E-state index contributed by atoms with van der Waals surface area (Å²) in [6.07, 6.45) is 5.01. The molecule has 4 nitrogen and oxygen atoms in total. The van der Waals surface area contributed by atoms with Crippen LogP contribution in [0.2, 0.25) is 0 Å². The second-order valence-electron chi connectivity index (χ2n) is 4.23. The maximum atomic E-state index is 6.02. The Morgan fingerprint density at radius 2 is 2.44 bits per heavy atom. The summed E-state index contributed by atoms with van der Waals surface area (Å²) in [5.41, 5.74) is 8.24. The maximum Gasteiger partial charge on any atom is 0.157 e. The fraction of sp³-hybridized carbons (Fsp3) is 0.667. The molecule has 2 unspecified atom stereocenters. The molecule has 0 spiro atoms. The molecule has 1 aromatic heterocycles. The van der Waals surface area contributed by atoms with E-state index >= 15 is 0 Å². The first-order valence-corrected chi connectivity index (χ1v) is 5.95. The lowest BCUT2D eigenvalue weighted by molar-refractivity contribution is 0.0697. The Kier molecular flexibility index (Phi) is 3.51. The Labute approximate surface area is 96.2 Å². The fourth-order valence-corrected chi connectivity index (χ4v) is 2.12. The topological polar surface area (TPSA) is 61.0 Å². The van der Waals surface area contributed by atoms with Crippen molar-refractivity contribution in [1.82, 2.24) is 9.97 Å². The third-order valence-corrected chi connectivity index (χ3v) is 3.03. The van der Waals surface area contributed by atoms with Gasteiger partial charge in [0.25, 0.3) is 0 Å². The molecule has 0 aliphatic heterocycles. The van der Waals surface area contributed by atoms with Crippen molar-refractivity contribution >= 4 is 0 Å².